The second-order valence-electron chi connectivity index (χ2n) is 5.18. The van der Waals surface area contributed by atoms with Crippen LogP contribution in [-0.2, 0) is 19.6 Å². The third-order valence-corrected chi connectivity index (χ3v) is 4.38. The molecule has 1 aromatic carbocycles. The van der Waals surface area contributed by atoms with E-state index in [9.17, 15) is 13.2 Å². The summed E-state index contributed by atoms with van der Waals surface area (Å²) in [4.78, 5) is 14.1. The van der Waals surface area contributed by atoms with Crippen LogP contribution >= 0.6 is 0 Å². The van der Waals surface area contributed by atoms with Crippen molar-refractivity contribution in [3.05, 3.63) is 24.3 Å². The molecule has 0 spiro atoms. The van der Waals surface area contributed by atoms with Gasteiger partial charge < -0.3 is 10.1 Å². The molecule has 0 saturated carbocycles. The van der Waals surface area contributed by atoms with Gasteiger partial charge in [-0.1, -0.05) is 0 Å². The van der Waals surface area contributed by atoms with Crippen molar-refractivity contribution in [2.24, 2.45) is 5.14 Å². The molecule has 0 bridgehead atoms. The van der Waals surface area contributed by atoms with Crippen molar-refractivity contribution < 1.29 is 17.9 Å². The molecule has 0 radical (unpaired) electrons. The molecule has 0 atom stereocenters. The highest BCUT2D eigenvalue weighted by Crippen LogP contribution is 2.13. The molecule has 1 aromatic rings. The second kappa shape index (κ2) is 7.68. The molecule has 0 aromatic heterocycles. The number of morpholine rings is 1. The van der Waals surface area contributed by atoms with Crippen molar-refractivity contribution in [2.45, 2.75) is 17.7 Å². The summed E-state index contributed by atoms with van der Waals surface area (Å²) in [7, 11) is -3.70. The van der Waals surface area contributed by atoms with E-state index >= 15 is 0 Å². The summed E-state index contributed by atoms with van der Waals surface area (Å²) in [5.41, 5.74) is 0.559. The molecular weight excluding hydrogens is 306 g/mol. The molecule has 1 amide bonds. The number of ether oxygens (including phenoxy) is 1. The number of nitrogens with zero attached hydrogens (tertiary/aromatic N) is 1. The van der Waals surface area contributed by atoms with E-state index in [4.69, 9.17) is 9.88 Å². The average Bonchev–Trinajstić information content (AvgIpc) is 2.48. The van der Waals surface area contributed by atoms with Crippen molar-refractivity contribution in [3.8, 4) is 0 Å². The van der Waals surface area contributed by atoms with Crippen LogP contribution in [0.1, 0.15) is 12.8 Å². The third kappa shape index (κ3) is 5.38. The maximum Gasteiger partial charge on any atom is 0.238 e. The number of primary sulfonamides is 1. The van der Waals surface area contributed by atoms with Gasteiger partial charge in [0, 0.05) is 25.2 Å². The monoisotopic (exact) mass is 327 g/mol. The normalized spacial score (nSPS) is 16.4. The summed E-state index contributed by atoms with van der Waals surface area (Å²) in [5, 5.41) is 7.76. The van der Waals surface area contributed by atoms with Crippen LogP contribution in [0.2, 0.25) is 0 Å². The highest BCUT2D eigenvalue weighted by molar-refractivity contribution is 7.89. The van der Waals surface area contributed by atoms with E-state index in [1.807, 2.05) is 0 Å². The lowest BCUT2D eigenvalue weighted by atomic mass is 10.2. The number of nitrogens with one attached hydrogen (secondary N) is 1. The van der Waals surface area contributed by atoms with Gasteiger partial charge in [0.1, 0.15) is 0 Å². The minimum absolute atomic E-state index is 0.0258. The van der Waals surface area contributed by atoms with E-state index in [0.29, 0.717) is 12.1 Å². The van der Waals surface area contributed by atoms with Crippen LogP contribution in [0.4, 0.5) is 5.69 Å². The fourth-order valence-corrected chi connectivity index (χ4v) is 2.75. The number of hydrogen-bond acceptors (Lipinski definition) is 5. The highest BCUT2D eigenvalue weighted by Gasteiger charge is 2.11. The number of nitrogens with two attached hydrogens (primary N) is 1. The first-order chi connectivity index (χ1) is 10.4. The zero-order valence-corrected chi connectivity index (χ0v) is 13.1. The first-order valence-corrected chi connectivity index (χ1v) is 8.72. The van der Waals surface area contributed by atoms with Crippen LogP contribution < -0.4 is 10.5 Å². The predicted octanol–water partition coefficient (Wildman–Crippen LogP) is 0.385. The lowest BCUT2D eigenvalue weighted by molar-refractivity contribution is -0.116. The Kier molecular flexibility index (Phi) is 5.90. The van der Waals surface area contributed by atoms with E-state index < -0.39 is 10.0 Å². The van der Waals surface area contributed by atoms with Crippen molar-refractivity contribution in [3.63, 3.8) is 0 Å². The summed E-state index contributed by atoms with van der Waals surface area (Å²) in [5.74, 6) is -0.0865. The Morgan fingerprint density at radius 1 is 1.23 bits per heavy atom. The number of sulfonamides is 1. The minimum atomic E-state index is -3.70. The van der Waals surface area contributed by atoms with Crippen molar-refractivity contribution in [2.75, 3.05) is 38.2 Å². The van der Waals surface area contributed by atoms with E-state index in [-0.39, 0.29) is 10.8 Å². The third-order valence-electron chi connectivity index (χ3n) is 3.45. The maximum absolute atomic E-state index is 11.8. The van der Waals surface area contributed by atoms with Crippen molar-refractivity contribution in [1.82, 2.24) is 4.90 Å². The molecule has 22 heavy (non-hydrogen) atoms. The highest BCUT2D eigenvalue weighted by atomic mass is 32.2. The van der Waals surface area contributed by atoms with Gasteiger partial charge in [0.25, 0.3) is 0 Å². The Labute approximate surface area is 130 Å². The fraction of sp³-hybridized carbons (Fsp3) is 0.500. The van der Waals surface area contributed by atoms with Gasteiger partial charge in [-0.15, -0.1) is 0 Å². The van der Waals surface area contributed by atoms with Gasteiger partial charge in [-0.25, -0.2) is 13.6 Å². The number of rotatable bonds is 6. The van der Waals surface area contributed by atoms with E-state index in [1.165, 1.54) is 24.3 Å². The first kappa shape index (κ1) is 16.9. The molecule has 3 N–H and O–H groups in total. The van der Waals surface area contributed by atoms with E-state index in [1.54, 1.807) is 0 Å². The second-order valence-corrected chi connectivity index (χ2v) is 6.74. The van der Waals surface area contributed by atoms with Gasteiger partial charge in [0.05, 0.1) is 18.1 Å². The zero-order valence-electron chi connectivity index (χ0n) is 12.3. The van der Waals surface area contributed by atoms with Crippen LogP contribution in [0.3, 0.4) is 0 Å². The Balaban J connectivity index is 1.74. The van der Waals surface area contributed by atoms with Crippen LogP contribution in [0.15, 0.2) is 29.2 Å². The molecule has 122 valence electrons. The van der Waals surface area contributed by atoms with Gasteiger partial charge in [-0.05, 0) is 37.2 Å². The topological polar surface area (TPSA) is 102 Å². The standard InChI is InChI=1S/C14H21N3O4S/c15-22(19,20)13-5-3-12(4-6-13)16-14(18)2-1-7-17-8-10-21-11-9-17/h3-6H,1-2,7-11H2,(H,16,18)(H2,15,19,20). The average molecular weight is 327 g/mol. The van der Waals surface area contributed by atoms with Crippen LogP contribution in [0.5, 0.6) is 0 Å². The smallest absolute Gasteiger partial charge is 0.238 e. The van der Waals surface area contributed by atoms with Crippen molar-refractivity contribution in [1.29, 1.82) is 0 Å². The quantitative estimate of drug-likeness (QED) is 0.787. The van der Waals surface area contributed by atoms with Crippen LogP contribution in [-0.4, -0.2) is 52.1 Å². The molecule has 8 heteroatoms. The largest absolute Gasteiger partial charge is 0.379 e. The molecular formula is C14H21N3O4S. The van der Waals surface area contributed by atoms with Crippen molar-refractivity contribution >= 4 is 21.6 Å². The van der Waals surface area contributed by atoms with Gasteiger partial charge >= 0.3 is 0 Å². The molecule has 0 unspecified atom stereocenters. The summed E-state index contributed by atoms with van der Waals surface area (Å²) in [6.45, 7) is 4.21. The molecule has 0 aliphatic carbocycles. The molecule has 1 aliphatic rings. The number of benzene rings is 1. The molecule has 1 fully saturated rings. The number of anilines is 1. The summed E-state index contributed by atoms with van der Waals surface area (Å²) < 4.78 is 27.5. The van der Waals surface area contributed by atoms with Crippen LogP contribution in [0.25, 0.3) is 0 Å². The zero-order chi connectivity index (χ0) is 16.0. The molecule has 1 aliphatic heterocycles. The molecule has 7 nitrogen and oxygen atoms in total. The van der Waals surface area contributed by atoms with Gasteiger partial charge in [-0.3, -0.25) is 9.69 Å². The molecule has 1 saturated heterocycles. The van der Waals surface area contributed by atoms with Crippen LogP contribution in [0, 0.1) is 0 Å². The molecule has 2 rings (SSSR count). The SMILES string of the molecule is NS(=O)(=O)c1ccc(NC(=O)CCCN2CCOCC2)cc1. The Bertz CT molecular complexity index is 595. The molecule has 1 heterocycles. The lowest BCUT2D eigenvalue weighted by Gasteiger charge is -2.26. The van der Waals surface area contributed by atoms with Gasteiger partial charge in [0.2, 0.25) is 15.9 Å². The first-order valence-electron chi connectivity index (χ1n) is 7.18. The van der Waals surface area contributed by atoms with Gasteiger partial charge in [0.15, 0.2) is 0 Å². The minimum Gasteiger partial charge on any atom is -0.379 e. The maximum atomic E-state index is 11.8. The number of carbonyl (C=O) groups is 1. The fourth-order valence-electron chi connectivity index (χ4n) is 2.24. The summed E-state index contributed by atoms with van der Waals surface area (Å²) >= 11 is 0. The summed E-state index contributed by atoms with van der Waals surface area (Å²) in [6, 6.07) is 5.80. The lowest BCUT2D eigenvalue weighted by Crippen LogP contribution is -2.37. The predicted molar refractivity (Wildman–Crippen MR) is 82.9 cm³/mol. The van der Waals surface area contributed by atoms with E-state index in [0.717, 1.165) is 39.3 Å². The van der Waals surface area contributed by atoms with Gasteiger partial charge in [-0.2, -0.15) is 0 Å². The number of amides is 1. The Morgan fingerprint density at radius 2 is 1.86 bits per heavy atom. The van der Waals surface area contributed by atoms with E-state index in [2.05, 4.69) is 10.2 Å². The Morgan fingerprint density at radius 3 is 2.45 bits per heavy atom. The number of hydrogen-bond donors (Lipinski definition) is 2. The number of carbonyl (C=O) groups excluding carboxylic acids is 1. The Hall–Kier alpha value is -1.48. The summed E-state index contributed by atoms with van der Waals surface area (Å²) in [6.07, 6.45) is 1.20.